The number of rotatable bonds is 6. The number of amides is 1. The highest BCUT2D eigenvalue weighted by Crippen LogP contribution is 2.29. The van der Waals surface area contributed by atoms with E-state index in [-0.39, 0.29) is 12.7 Å². The molecule has 1 aromatic rings. The Morgan fingerprint density at radius 1 is 1.33 bits per heavy atom. The Morgan fingerprint density at radius 3 is 2.92 bits per heavy atom. The molecule has 1 unspecified atom stereocenters. The number of carbonyl (C=O) groups excluding carboxylic acids is 1. The maximum atomic E-state index is 10.6. The molecule has 0 radical (unpaired) electrons. The number of ether oxygens (including phenoxy) is 3. The van der Waals surface area contributed by atoms with Crippen molar-refractivity contribution >= 4 is 17.5 Å². The highest BCUT2D eigenvalue weighted by Gasteiger charge is 2.23. The van der Waals surface area contributed by atoms with Gasteiger partial charge in [-0.1, -0.05) is 17.3 Å². The van der Waals surface area contributed by atoms with Crippen molar-refractivity contribution < 1.29 is 23.8 Å². The summed E-state index contributed by atoms with van der Waals surface area (Å²) in [7, 11) is 0. The number of nitrogens with two attached hydrogens (primary N) is 1. The fourth-order valence-electron chi connectivity index (χ4n) is 2.64. The Labute approximate surface area is 140 Å². The van der Waals surface area contributed by atoms with Crippen LogP contribution in [0.5, 0.6) is 5.75 Å². The van der Waals surface area contributed by atoms with Crippen LogP contribution >= 0.6 is 0 Å². The van der Waals surface area contributed by atoms with Gasteiger partial charge < -0.3 is 29.7 Å². The Kier molecular flexibility index (Phi) is 5.37. The Balaban J connectivity index is 1.51. The van der Waals surface area contributed by atoms with Gasteiger partial charge >= 0.3 is 6.09 Å². The van der Waals surface area contributed by atoms with Crippen LogP contribution < -0.4 is 15.4 Å². The Morgan fingerprint density at radius 2 is 2.12 bits per heavy atom. The predicted octanol–water partition coefficient (Wildman–Crippen LogP) is 1.14. The third-order valence-corrected chi connectivity index (χ3v) is 3.82. The molecular weight excluding hydrogens is 314 g/mol. The molecule has 1 amide bonds. The number of anilines is 1. The number of benzene rings is 1. The van der Waals surface area contributed by atoms with Gasteiger partial charge in [0, 0.05) is 19.5 Å². The maximum absolute atomic E-state index is 10.6. The first-order valence-corrected chi connectivity index (χ1v) is 7.90. The molecule has 24 heavy (non-hydrogen) atoms. The van der Waals surface area contributed by atoms with Gasteiger partial charge in [0.1, 0.15) is 19.0 Å². The van der Waals surface area contributed by atoms with E-state index in [0.29, 0.717) is 18.7 Å². The Hall–Kier alpha value is -2.48. The molecular formula is C16H21N3O5. The molecule has 0 aliphatic carbocycles. The van der Waals surface area contributed by atoms with Gasteiger partial charge in [-0.3, -0.25) is 0 Å². The van der Waals surface area contributed by atoms with E-state index in [4.69, 9.17) is 24.8 Å². The lowest BCUT2D eigenvalue weighted by molar-refractivity contribution is 0.0470. The molecule has 1 fully saturated rings. The fraction of sp³-hybridized carbons (Fsp3) is 0.500. The van der Waals surface area contributed by atoms with Crippen LogP contribution in [0.2, 0.25) is 0 Å². The number of primary amides is 1. The van der Waals surface area contributed by atoms with Crippen molar-refractivity contribution in [1.82, 2.24) is 0 Å². The van der Waals surface area contributed by atoms with Crippen LogP contribution in [0.15, 0.2) is 29.4 Å². The van der Waals surface area contributed by atoms with E-state index in [1.807, 2.05) is 24.3 Å². The molecule has 8 heteroatoms. The number of nitrogens with zero attached hydrogens (tertiary/aromatic N) is 2. The number of carbonyl (C=O) groups is 1. The zero-order chi connectivity index (χ0) is 16.8. The molecule has 2 aliphatic heterocycles. The van der Waals surface area contributed by atoms with Crippen molar-refractivity contribution in [3.05, 3.63) is 24.3 Å². The molecule has 0 saturated carbocycles. The molecule has 0 bridgehead atoms. The van der Waals surface area contributed by atoms with Gasteiger partial charge in [0.15, 0.2) is 6.10 Å². The van der Waals surface area contributed by atoms with Gasteiger partial charge in [-0.05, 0) is 12.1 Å². The first-order chi connectivity index (χ1) is 11.7. The van der Waals surface area contributed by atoms with E-state index in [2.05, 4.69) is 10.1 Å². The van der Waals surface area contributed by atoms with E-state index >= 15 is 0 Å². The van der Waals surface area contributed by atoms with Gasteiger partial charge in [-0.15, -0.1) is 0 Å². The molecule has 2 heterocycles. The van der Waals surface area contributed by atoms with Gasteiger partial charge in [0.05, 0.1) is 24.6 Å². The van der Waals surface area contributed by atoms with E-state index in [1.54, 1.807) is 0 Å². The summed E-state index contributed by atoms with van der Waals surface area (Å²) < 4.78 is 16.0. The normalized spacial score (nSPS) is 20.2. The zero-order valence-electron chi connectivity index (χ0n) is 13.3. The van der Waals surface area contributed by atoms with E-state index in [0.717, 1.165) is 37.7 Å². The fourth-order valence-corrected chi connectivity index (χ4v) is 2.64. The molecule has 8 nitrogen and oxygen atoms in total. The van der Waals surface area contributed by atoms with Gasteiger partial charge in [0.25, 0.3) is 0 Å². The van der Waals surface area contributed by atoms with Crippen molar-refractivity contribution in [1.29, 1.82) is 0 Å². The minimum Gasteiger partial charge on any atom is -0.487 e. The highest BCUT2D eigenvalue weighted by molar-refractivity contribution is 5.88. The number of oxime groups is 1. The molecule has 1 saturated heterocycles. The van der Waals surface area contributed by atoms with Crippen LogP contribution in [0.3, 0.4) is 0 Å². The lowest BCUT2D eigenvalue weighted by Gasteiger charge is -2.30. The summed E-state index contributed by atoms with van der Waals surface area (Å²) >= 11 is 0. The molecule has 2 N–H and O–H groups in total. The van der Waals surface area contributed by atoms with E-state index < -0.39 is 6.09 Å². The van der Waals surface area contributed by atoms with Crippen LogP contribution in [-0.2, 0) is 14.3 Å². The largest absolute Gasteiger partial charge is 0.487 e. The number of morpholine rings is 1. The molecule has 0 aromatic heterocycles. The van der Waals surface area contributed by atoms with Crippen molar-refractivity contribution in [3.63, 3.8) is 0 Å². The minimum absolute atomic E-state index is 0.0518. The summed E-state index contributed by atoms with van der Waals surface area (Å²) in [4.78, 5) is 18.2. The van der Waals surface area contributed by atoms with Crippen molar-refractivity contribution in [2.75, 3.05) is 44.4 Å². The molecule has 2 aliphatic rings. The molecule has 0 spiro atoms. The SMILES string of the molecule is NC(=O)OCC1=NOC(COc2ccccc2N2CCOCC2)C1. The van der Waals surface area contributed by atoms with Gasteiger partial charge in [0.2, 0.25) is 0 Å². The van der Waals surface area contributed by atoms with Gasteiger partial charge in [-0.2, -0.15) is 0 Å². The van der Waals surface area contributed by atoms with E-state index in [9.17, 15) is 4.79 Å². The van der Waals surface area contributed by atoms with Crippen LogP contribution in [0.25, 0.3) is 0 Å². The summed E-state index contributed by atoms with van der Waals surface area (Å²) in [5.74, 6) is 0.810. The van der Waals surface area contributed by atoms with Crippen LogP contribution in [-0.4, -0.2) is 57.4 Å². The zero-order valence-corrected chi connectivity index (χ0v) is 13.3. The first kappa shape index (κ1) is 16.4. The summed E-state index contributed by atoms with van der Waals surface area (Å²) in [5, 5.41) is 3.89. The van der Waals surface area contributed by atoms with Crippen LogP contribution in [0, 0.1) is 0 Å². The monoisotopic (exact) mass is 335 g/mol. The van der Waals surface area contributed by atoms with E-state index in [1.165, 1.54) is 0 Å². The topological polar surface area (TPSA) is 95.6 Å². The van der Waals surface area contributed by atoms with Crippen LogP contribution in [0.1, 0.15) is 6.42 Å². The van der Waals surface area contributed by atoms with Crippen molar-refractivity contribution in [2.45, 2.75) is 12.5 Å². The second-order valence-electron chi connectivity index (χ2n) is 5.57. The molecule has 1 atom stereocenters. The first-order valence-electron chi connectivity index (χ1n) is 7.90. The molecule has 3 rings (SSSR count). The average Bonchev–Trinajstić information content (AvgIpc) is 3.07. The van der Waals surface area contributed by atoms with Gasteiger partial charge in [-0.25, -0.2) is 4.79 Å². The van der Waals surface area contributed by atoms with Crippen LogP contribution in [0.4, 0.5) is 10.5 Å². The second-order valence-corrected chi connectivity index (χ2v) is 5.57. The predicted molar refractivity (Wildman–Crippen MR) is 87.4 cm³/mol. The van der Waals surface area contributed by atoms with Crippen molar-refractivity contribution in [2.24, 2.45) is 10.9 Å². The number of hydrogen-bond donors (Lipinski definition) is 1. The highest BCUT2D eigenvalue weighted by atomic mass is 16.7. The standard InChI is InChI=1S/C16H21N3O5/c17-16(20)23-10-12-9-13(24-18-12)11-22-15-4-2-1-3-14(15)19-5-7-21-8-6-19/h1-4,13H,5-11H2,(H2,17,20). The lowest BCUT2D eigenvalue weighted by Crippen LogP contribution is -2.36. The summed E-state index contributed by atoms with van der Waals surface area (Å²) in [6.45, 7) is 3.55. The lowest BCUT2D eigenvalue weighted by atomic mass is 10.2. The maximum Gasteiger partial charge on any atom is 0.404 e. The smallest absolute Gasteiger partial charge is 0.404 e. The molecule has 1 aromatic carbocycles. The minimum atomic E-state index is -0.822. The summed E-state index contributed by atoms with van der Waals surface area (Å²) in [5.41, 5.74) is 6.63. The average molecular weight is 335 g/mol. The summed E-state index contributed by atoms with van der Waals surface area (Å²) in [6, 6.07) is 7.92. The second kappa shape index (κ2) is 7.87. The third-order valence-electron chi connectivity index (χ3n) is 3.82. The Bertz CT molecular complexity index is 601. The quantitative estimate of drug-likeness (QED) is 0.837. The number of hydrogen-bond acceptors (Lipinski definition) is 7. The third kappa shape index (κ3) is 4.29. The molecule has 130 valence electrons. The number of para-hydroxylation sites is 2. The summed E-state index contributed by atoms with van der Waals surface area (Å²) in [6.07, 6.45) is -0.474. The van der Waals surface area contributed by atoms with Crippen molar-refractivity contribution in [3.8, 4) is 5.75 Å².